The minimum Gasteiger partial charge on any atom is -0.488 e. The van der Waals surface area contributed by atoms with Gasteiger partial charge in [-0.3, -0.25) is 0 Å². The van der Waals surface area contributed by atoms with Crippen LogP contribution in [0.4, 0.5) is 4.39 Å². The van der Waals surface area contributed by atoms with Gasteiger partial charge in [0.2, 0.25) is 0 Å². The van der Waals surface area contributed by atoms with E-state index in [1.165, 1.54) is 6.07 Å². The highest BCUT2D eigenvalue weighted by molar-refractivity contribution is 9.09. The highest BCUT2D eigenvalue weighted by atomic mass is 79.9. The van der Waals surface area contributed by atoms with E-state index in [-0.39, 0.29) is 11.9 Å². The lowest BCUT2D eigenvalue weighted by atomic mass is 10.1. The standard InChI is InChI=1S/C14H19BrFNO2/c1-17(7-11(15)9-18-2)8-13-6-10-5-12(16)3-4-14(10)19-13/h3-5,11,13H,6-9H2,1-2H3. The van der Waals surface area contributed by atoms with E-state index in [9.17, 15) is 4.39 Å². The molecule has 0 aliphatic carbocycles. The molecule has 1 heterocycles. The van der Waals surface area contributed by atoms with E-state index in [0.29, 0.717) is 11.4 Å². The van der Waals surface area contributed by atoms with Crippen molar-refractivity contribution in [2.45, 2.75) is 17.4 Å². The third-order valence-electron chi connectivity index (χ3n) is 3.14. The molecule has 2 rings (SSSR count). The molecule has 0 N–H and O–H groups in total. The lowest BCUT2D eigenvalue weighted by Crippen LogP contribution is -2.36. The molecular formula is C14H19BrFNO2. The number of halogens is 2. The highest BCUT2D eigenvalue weighted by Crippen LogP contribution is 2.29. The lowest BCUT2D eigenvalue weighted by molar-refractivity contribution is 0.152. The number of alkyl halides is 1. The maximum absolute atomic E-state index is 13.1. The summed E-state index contributed by atoms with van der Waals surface area (Å²) in [4.78, 5) is 2.51. The Morgan fingerprint density at radius 3 is 3.11 bits per heavy atom. The monoisotopic (exact) mass is 331 g/mol. The molecule has 0 fully saturated rings. The maximum atomic E-state index is 13.1. The molecule has 19 heavy (non-hydrogen) atoms. The zero-order valence-electron chi connectivity index (χ0n) is 11.2. The molecule has 1 aromatic rings. The first-order valence-electron chi connectivity index (χ1n) is 6.35. The number of rotatable bonds is 6. The van der Waals surface area contributed by atoms with Gasteiger partial charge in [-0.2, -0.15) is 0 Å². The van der Waals surface area contributed by atoms with Crippen LogP contribution in [0.25, 0.3) is 0 Å². The largest absolute Gasteiger partial charge is 0.488 e. The molecule has 1 aliphatic heterocycles. The summed E-state index contributed by atoms with van der Waals surface area (Å²) in [6.45, 7) is 2.39. The van der Waals surface area contributed by atoms with Gasteiger partial charge in [0.05, 0.1) is 11.4 Å². The van der Waals surface area contributed by atoms with E-state index in [4.69, 9.17) is 9.47 Å². The second-order valence-electron chi connectivity index (χ2n) is 4.97. The molecule has 2 atom stereocenters. The Kier molecular flexibility index (Phi) is 5.19. The van der Waals surface area contributed by atoms with Crippen molar-refractivity contribution in [1.82, 2.24) is 4.90 Å². The van der Waals surface area contributed by atoms with Crippen molar-refractivity contribution < 1.29 is 13.9 Å². The van der Waals surface area contributed by atoms with Crippen molar-refractivity contribution in [2.24, 2.45) is 0 Å². The molecular weight excluding hydrogens is 313 g/mol. The summed E-state index contributed by atoms with van der Waals surface area (Å²) < 4.78 is 24.0. The zero-order valence-corrected chi connectivity index (χ0v) is 12.8. The van der Waals surface area contributed by atoms with Gasteiger partial charge in [-0.15, -0.1) is 0 Å². The van der Waals surface area contributed by atoms with Gasteiger partial charge in [-0.25, -0.2) is 4.39 Å². The summed E-state index contributed by atoms with van der Waals surface area (Å²) in [6, 6.07) is 4.72. The normalized spacial score (nSPS) is 19.3. The van der Waals surface area contributed by atoms with E-state index >= 15 is 0 Å². The van der Waals surface area contributed by atoms with Crippen LogP contribution in [0.5, 0.6) is 5.75 Å². The summed E-state index contributed by atoms with van der Waals surface area (Å²) >= 11 is 3.57. The van der Waals surface area contributed by atoms with Crippen LogP contribution in [0.2, 0.25) is 0 Å². The first-order chi connectivity index (χ1) is 9.08. The van der Waals surface area contributed by atoms with Crippen LogP contribution in [0.15, 0.2) is 18.2 Å². The molecule has 2 unspecified atom stereocenters. The average molecular weight is 332 g/mol. The van der Waals surface area contributed by atoms with Gasteiger partial charge in [0, 0.05) is 32.2 Å². The Morgan fingerprint density at radius 1 is 1.58 bits per heavy atom. The van der Waals surface area contributed by atoms with Crippen LogP contribution >= 0.6 is 15.9 Å². The van der Waals surface area contributed by atoms with Crippen LogP contribution in [-0.2, 0) is 11.2 Å². The van der Waals surface area contributed by atoms with Crippen molar-refractivity contribution in [3.63, 3.8) is 0 Å². The molecule has 3 nitrogen and oxygen atoms in total. The van der Waals surface area contributed by atoms with Crippen LogP contribution < -0.4 is 4.74 Å². The van der Waals surface area contributed by atoms with Gasteiger partial charge < -0.3 is 14.4 Å². The van der Waals surface area contributed by atoms with Gasteiger partial charge >= 0.3 is 0 Å². The topological polar surface area (TPSA) is 21.7 Å². The summed E-state index contributed by atoms with van der Waals surface area (Å²) in [6.07, 6.45) is 0.873. The molecule has 0 bridgehead atoms. The molecule has 1 aromatic carbocycles. The van der Waals surface area contributed by atoms with E-state index in [1.807, 2.05) is 0 Å². The van der Waals surface area contributed by atoms with E-state index < -0.39 is 0 Å². The Morgan fingerprint density at radius 2 is 2.37 bits per heavy atom. The van der Waals surface area contributed by atoms with Gasteiger partial charge in [-0.1, -0.05) is 15.9 Å². The SMILES string of the molecule is COCC(Br)CN(C)CC1Cc2cc(F)ccc2O1. The summed E-state index contributed by atoms with van der Waals surface area (Å²) in [5.41, 5.74) is 0.964. The summed E-state index contributed by atoms with van der Waals surface area (Å²) in [7, 11) is 3.75. The summed E-state index contributed by atoms with van der Waals surface area (Å²) in [5.74, 6) is 0.615. The predicted molar refractivity (Wildman–Crippen MR) is 76.6 cm³/mol. The molecule has 0 spiro atoms. The number of ether oxygens (including phenoxy) is 2. The number of fused-ring (bicyclic) bond motifs is 1. The smallest absolute Gasteiger partial charge is 0.123 e. The minimum atomic E-state index is -0.197. The van der Waals surface area contributed by atoms with Crippen molar-refractivity contribution >= 4 is 15.9 Å². The lowest BCUT2D eigenvalue weighted by Gasteiger charge is -2.22. The van der Waals surface area contributed by atoms with Crippen molar-refractivity contribution in [3.8, 4) is 5.75 Å². The Balaban J connectivity index is 1.83. The fourth-order valence-electron chi connectivity index (χ4n) is 2.38. The zero-order chi connectivity index (χ0) is 13.8. The second-order valence-corrected chi connectivity index (χ2v) is 6.26. The fraction of sp³-hybridized carbons (Fsp3) is 0.571. The number of hydrogen-bond acceptors (Lipinski definition) is 3. The molecule has 0 saturated carbocycles. The fourth-order valence-corrected chi connectivity index (χ4v) is 3.14. The van der Waals surface area contributed by atoms with Crippen molar-refractivity contribution in [3.05, 3.63) is 29.6 Å². The Bertz CT molecular complexity index is 430. The Hall–Kier alpha value is -0.650. The Labute approximate surface area is 121 Å². The van der Waals surface area contributed by atoms with E-state index in [0.717, 1.165) is 30.8 Å². The first-order valence-corrected chi connectivity index (χ1v) is 7.26. The van der Waals surface area contributed by atoms with Crippen molar-refractivity contribution in [2.75, 3.05) is 33.9 Å². The number of nitrogens with zero attached hydrogens (tertiary/aromatic N) is 1. The third-order valence-corrected chi connectivity index (χ3v) is 3.69. The van der Waals surface area contributed by atoms with Crippen molar-refractivity contribution in [1.29, 1.82) is 0 Å². The second kappa shape index (κ2) is 6.68. The number of methoxy groups -OCH3 is 1. The molecule has 5 heteroatoms. The average Bonchev–Trinajstić information content (AvgIpc) is 2.70. The quantitative estimate of drug-likeness (QED) is 0.747. The van der Waals surface area contributed by atoms with Crippen LogP contribution in [0.3, 0.4) is 0 Å². The molecule has 1 aliphatic rings. The van der Waals surface area contributed by atoms with Gasteiger partial charge in [0.25, 0.3) is 0 Å². The molecule has 0 amide bonds. The number of likely N-dealkylation sites (N-methyl/N-ethyl adjacent to an activating group) is 1. The van der Waals surface area contributed by atoms with E-state index in [2.05, 4.69) is 27.9 Å². The van der Waals surface area contributed by atoms with Crippen LogP contribution in [0.1, 0.15) is 5.56 Å². The van der Waals surface area contributed by atoms with Gasteiger partial charge in [0.15, 0.2) is 0 Å². The maximum Gasteiger partial charge on any atom is 0.123 e. The third kappa shape index (κ3) is 4.16. The molecule has 106 valence electrons. The number of benzene rings is 1. The van der Waals surface area contributed by atoms with E-state index in [1.54, 1.807) is 19.2 Å². The number of hydrogen-bond donors (Lipinski definition) is 0. The predicted octanol–water partition coefficient (Wildman–Crippen LogP) is 2.47. The van der Waals surface area contributed by atoms with Gasteiger partial charge in [-0.05, 0) is 25.2 Å². The minimum absolute atomic E-state index is 0.101. The van der Waals surface area contributed by atoms with Gasteiger partial charge in [0.1, 0.15) is 17.7 Å². The van der Waals surface area contributed by atoms with Crippen LogP contribution in [0, 0.1) is 5.82 Å². The summed E-state index contributed by atoms with van der Waals surface area (Å²) in [5, 5.41) is 0. The van der Waals surface area contributed by atoms with Crippen LogP contribution in [-0.4, -0.2) is 49.7 Å². The molecule has 0 aromatic heterocycles. The molecule has 0 saturated heterocycles. The highest BCUT2D eigenvalue weighted by Gasteiger charge is 2.24. The molecule has 0 radical (unpaired) electrons. The first kappa shape index (κ1) is 14.8.